The highest BCUT2D eigenvalue weighted by Gasteiger charge is 2.40. The van der Waals surface area contributed by atoms with Gasteiger partial charge in [-0.25, -0.2) is 0 Å². The normalized spacial score (nSPS) is 23.7. The maximum absolute atomic E-state index is 6.04. The van der Waals surface area contributed by atoms with Crippen LogP contribution in [0.5, 0.6) is 0 Å². The third-order valence-electron chi connectivity index (χ3n) is 3.97. The molecule has 0 fully saturated rings. The summed E-state index contributed by atoms with van der Waals surface area (Å²) >= 11 is 0. The van der Waals surface area contributed by atoms with E-state index in [4.69, 9.17) is 5.73 Å². The molecule has 0 aromatic heterocycles. The van der Waals surface area contributed by atoms with Crippen LogP contribution in [0.1, 0.15) is 37.5 Å². The van der Waals surface area contributed by atoms with Crippen LogP contribution in [0.25, 0.3) is 0 Å². The third-order valence-corrected chi connectivity index (χ3v) is 3.97. The van der Waals surface area contributed by atoms with Crippen LogP contribution in [0.3, 0.4) is 0 Å². The van der Waals surface area contributed by atoms with Crippen molar-refractivity contribution in [3.63, 3.8) is 0 Å². The smallest absolute Gasteiger partial charge is 0.192 e. The van der Waals surface area contributed by atoms with Crippen molar-refractivity contribution in [3.8, 4) is 0 Å². The minimum absolute atomic E-state index is 0.114. The van der Waals surface area contributed by atoms with Crippen LogP contribution in [0.4, 0.5) is 0 Å². The molecule has 1 aromatic rings. The molecule has 0 saturated carbocycles. The molecular weight excluding hydrogens is 222 g/mol. The first kappa shape index (κ1) is 12.9. The zero-order chi connectivity index (χ0) is 13.5. The third kappa shape index (κ3) is 1.88. The largest absolute Gasteiger partial charge is 0.370 e. The average molecular weight is 245 g/mol. The number of aliphatic imine (C=N–C) groups is 1. The standard InChI is InChI=1S/C15H23N3/c1-10(2)18-14(16)17-9-15(18,5)13-7-6-11(3)12(4)8-13/h6-8,10H,9H2,1-5H3,(H2,16,17). The molecule has 0 bridgehead atoms. The van der Waals surface area contributed by atoms with Gasteiger partial charge in [0.25, 0.3) is 0 Å². The van der Waals surface area contributed by atoms with E-state index in [2.05, 4.69) is 62.7 Å². The van der Waals surface area contributed by atoms with Crippen molar-refractivity contribution in [3.05, 3.63) is 34.9 Å². The van der Waals surface area contributed by atoms with Gasteiger partial charge in [-0.2, -0.15) is 0 Å². The van der Waals surface area contributed by atoms with Crippen LogP contribution in [0.2, 0.25) is 0 Å². The summed E-state index contributed by atoms with van der Waals surface area (Å²) in [4.78, 5) is 6.66. The average Bonchev–Trinajstić information content (AvgIpc) is 2.59. The van der Waals surface area contributed by atoms with Gasteiger partial charge in [0.15, 0.2) is 5.96 Å². The number of benzene rings is 1. The number of guanidine groups is 1. The molecule has 3 nitrogen and oxygen atoms in total. The van der Waals surface area contributed by atoms with Crippen LogP contribution < -0.4 is 5.73 Å². The molecule has 2 N–H and O–H groups in total. The summed E-state index contributed by atoms with van der Waals surface area (Å²) < 4.78 is 0. The van der Waals surface area contributed by atoms with E-state index < -0.39 is 0 Å². The Morgan fingerprint density at radius 2 is 1.94 bits per heavy atom. The summed E-state index contributed by atoms with van der Waals surface area (Å²) in [6.07, 6.45) is 0. The molecule has 0 amide bonds. The molecule has 0 radical (unpaired) electrons. The molecule has 0 aliphatic carbocycles. The first-order valence-electron chi connectivity index (χ1n) is 6.53. The quantitative estimate of drug-likeness (QED) is 0.870. The van der Waals surface area contributed by atoms with Crippen molar-refractivity contribution >= 4 is 5.96 Å². The number of nitrogens with two attached hydrogens (primary N) is 1. The van der Waals surface area contributed by atoms with E-state index in [1.165, 1.54) is 16.7 Å². The molecule has 1 aromatic carbocycles. The molecule has 1 aliphatic heterocycles. The molecule has 1 unspecified atom stereocenters. The van der Waals surface area contributed by atoms with E-state index in [1.54, 1.807) is 0 Å². The summed E-state index contributed by atoms with van der Waals surface area (Å²) in [5.74, 6) is 0.658. The van der Waals surface area contributed by atoms with E-state index in [0.717, 1.165) is 6.54 Å². The van der Waals surface area contributed by atoms with Gasteiger partial charge in [-0.1, -0.05) is 18.2 Å². The molecule has 2 rings (SSSR count). The van der Waals surface area contributed by atoms with Gasteiger partial charge < -0.3 is 10.6 Å². The molecule has 0 spiro atoms. The van der Waals surface area contributed by atoms with Gasteiger partial charge in [-0.15, -0.1) is 0 Å². The summed E-state index contributed by atoms with van der Waals surface area (Å²) in [6.45, 7) is 11.6. The second-order valence-electron chi connectivity index (χ2n) is 5.71. The van der Waals surface area contributed by atoms with E-state index in [0.29, 0.717) is 12.0 Å². The highest BCUT2D eigenvalue weighted by atomic mass is 15.4. The Morgan fingerprint density at radius 3 is 2.50 bits per heavy atom. The van der Waals surface area contributed by atoms with Crippen molar-refractivity contribution < 1.29 is 0 Å². The summed E-state index contributed by atoms with van der Waals surface area (Å²) in [7, 11) is 0. The maximum atomic E-state index is 6.04. The van der Waals surface area contributed by atoms with Crippen molar-refractivity contribution in [1.29, 1.82) is 0 Å². The van der Waals surface area contributed by atoms with Gasteiger partial charge in [0.1, 0.15) is 0 Å². The van der Waals surface area contributed by atoms with E-state index in [9.17, 15) is 0 Å². The summed E-state index contributed by atoms with van der Waals surface area (Å²) in [5.41, 5.74) is 9.86. The predicted octanol–water partition coefficient (Wildman–Crippen LogP) is 2.56. The number of hydrogen-bond donors (Lipinski definition) is 1. The molecule has 0 saturated heterocycles. The molecule has 3 heteroatoms. The topological polar surface area (TPSA) is 41.6 Å². The molecule has 98 valence electrons. The van der Waals surface area contributed by atoms with Crippen molar-refractivity contribution in [1.82, 2.24) is 4.90 Å². The first-order valence-corrected chi connectivity index (χ1v) is 6.53. The Morgan fingerprint density at radius 1 is 1.28 bits per heavy atom. The van der Waals surface area contributed by atoms with Gasteiger partial charge in [0.05, 0.1) is 12.1 Å². The summed E-state index contributed by atoms with van der Waals surface area (Å²) in [6, 6.07) is 7.00. The zero-order valence-corrected chi connectivity index (χ0v) is 12.0. The molecule has 18 heavy (non-hydrogen) atoms. The van der Waals surface area contributed by atoms with Crippen LogP contribution in [-0.4, -0.2) is 23.4 Å². The van der Waals surface area contributed by atoms with Crippen LogP contribution in [0.15, 0.2) is 23.2 Å². The Labute approximate surface area is 110 Å². The minimum atomic E-state index is -0.114. The fourth-order valence-electron chi connectivity index (χ4n) is 2.78. The molecular formula is C15H23N3. The number of rotatable bonds is 2. The number of nitrogens with zero attached hydrogens (tertiary/aromatic N) is 2. The fraction of sp³-hybridized carbons (Fsp3) is 0.533. The van der Waals surface area contributed by atoms with Crippen molar-refractivity contribution in [2.75, 3.05) is 6.54 Å². The minimum Gasteiger partial charge on any atom is -0.370 e. The Kier molecular flexibility index (Phi) is 3.09. The van der Waals surface area contributed by atoms with Gasteiger partial charge in [0.2, 0.25) is 0 Å². The highest BCUT2D eigenvalue weighted by Crippen LogP contribution is 2.34. The lowest BCUT2D eigenvalue weighted by Crippen LogP contribution is -2.51. The van der Waals surface area contributed by atoms with Crippen LogP contribution >= 0.6 is 0 Å². The molecule has 1 atom stereocenters. The van der Waals surface area contributed by atoms with Crippen LogP contribution in [0, 0.1) is 13.8 Å². The predicted molar refractivity (Wildman–Crippen MR) is 76.7 cm³/mol. The van der Waals surface area contributed by atoms with E-state index in [-0.39, 0.29) is 5.54 Å². The Hall–Kier alpha value is -1.51. The molecule has 1 aliphatic rings. The van der Waals surface area contributed by atoms with E-state index in [1.807, 2.05) is 0 Å². The lowest BCUT2D eigenvalue weighted by atomic mass is 9.88. The molecule has 1 heterocycles. The van der Waals surface area contributed by atoms with Gasteiger partial charge in [-0.05, 0) is 51.3 Å². The number of aryl methyl sites for hydroxylation is 2. The van der Waals surface area contributed by atoms with Gasteiger partial charge in [0, 0.05) is 6.04 Å². The van der Waals surface area contributed by atoms with Gasteiger partial charge in [-0.3, -0.25) is 4.99 Å². The lowest BCUT2D eigenvalue weighted by molar-refractivity contribution is 0.185. The van der Waals surface area contributed by atoms with Crippen molar-refractivity contribution in [2.45, 2.75) is 46.2 Å². The van der Waals surface area contributed by atoms with Crippen molar-refractivity contribution in [2.24, 2.45) is 10.7 Å². The summed E-state index contributed by atoms with van der Waals surface area (Å²) in [5, 5.41) is 0. The van der Waals surface area contributed by atoms with Gasteiger partial charge >= 0.3 is 0 Å². The fourth-order valence-corrected chi connectivity index (χ4v) is 2.78. The second kappa shape index (κ2) is 4.30. The Bertz CT molecular complexity index is 491. The zero-order valence-electron chi connectivity index (χ0n) is 12.0. The lowest BCUT2D eigenvalue weighted by Gasteiger charge is -2.39. The monoisotopic (exact) mass is 245 g/mol. The van der Waals surface area contributed by atoms with Crippen LogP contribution in [-0.2, 0) is 5.54 Å². The Balaban J connectivity index is 2.45. The van der Waals surface area contributed by atoms with E-state index >= 15 is 0 Å². The number of hydrogen-bond acceptors (Lipinski definition) is 3. The first-order chi connectivity index (χ1) is 8.36. The second-order valence-corrected chi connectivity index (χ2v) is 5.71. The highest BCUT2D eigenvalue weighted by molar-refractivity contribution is 5.81. The SMILES string of the molecule is Cc1ccc(C2(C)CN=C(N)N2C(C)C)cc1C. The maximum Gasteiger partial charge on any atom is 0.192 e.